The summed E-state index contributed by atoms with van der Waals surface area (Å²) in [6.45, 7) is 3.93. The Hall–Kier alpha value is -3.53. The molecule has 32 heavy (non-hydrogen) atoms. The van der Waals surface area contributed by atoms with Crippen molar-refractivity contribution in [2.45, 2.75) is 36.5 Å². The van der Waals surface area contributed by atoms with Gasteiger partial charge in [0.2, 0.25) is 11.9 Å². The maximum absolute atomic E-state index is 12.3. The van der Waals surface area contributed by atoms with Crippen LogP contribution in [-0.2, 0) is 14.3 Å². The number of aryl methyl sites for hydroxylation is 1. The summed E-state index contributed by atoms with van der Waals surface area (Å²) >= 11 is 1.53. The Kier molecular flexibility index (Phi) is 9.55. The summed E-state index contributed by atoms with van der Waals surface area (Å²) in [5.74, 6) is -0.381. The van der Waals surface area contributed by atoms with Crippen molar-refractivity contribution < 1.29 is 23.9 Å². The highest BCUT2D eigenvalue weighted by Crippen LogP contribution is 2.33. The van der Waals surface area contributed by atoms with Crippen molar-refractivity contribution in [2.24, 2.45) is 4.99 Å². The molecule has 0 aromatic heterocycles. The number of methoxy groups -OCH3 is 2. The van der Waals surface area contributed by atoms with Crippen molar-refractivity contribution in [2.75, 3.05) is 24.9 Å². The molecule has 0 fully saturated rings. The van der Waals surface area contributed by atoms with E-state index in [0.29, 0.717) is 24.2 Å². The largest absolute Gasteiger partial charge is 0.453 e. The molecular formula is C22H26N4O5S. The van der Waals surface area contributed by atoms with Crippen LogP contribution in [0.3, 0.4) is 0 Å². The minimum absolute atomic E-state index is 0.166. The zero-order valence-electron chi connectivity index (χ0n) is 18.4. The molecule has 0 heterocycles. The zero-order valence-corrected chi connectivity index (χ0v) is 19.2. The predicted octanol–water partition coefficient (Wildman–Crippen LogP) is 4.78. The molecular weight excluding hydrogens is 432 g/mol. The van der Waals surface area contributed by atoms with Crippen LogP contribution in [0, 0.1) is 6.92 Å². The number of carbonyl (C=O) groups is 3. The van der Waals surface area contributed by atoms with Gasteiger partial charge >= 0.3 is 12.2 Å². The first-order valence-corrected chi connectivity index (χ1v) is 10.6. The summed E-state index contributed by atoms with van der Waals surface area (Å²) in [5, 5.41) is 8.00. The summed E-state index contributed by atoms with van der Waals surface area (Å²) < 4.78 is 9.08. The molecule has 10 heteroatoms. The van der Waals surface area contributed by atoms with E-state index in [0.717, 1.165) is 22.5 Å². The quantitative estimate of drug-likeness (QED) is 0.421. The Morgan fingerprint density at radius 3 is 2.25 bits per heavy atom. The molecule has 2 rings (SSSR count). The SMILES string of the molecule is CCCC(=O)Nc1cc(Sc2ccc(C)cc2)ccc1NC(=NC(=O)OC)NC(=O)OC. The zero-order chi connectivity index (χ0) is 23.5. The molecule has 0 unspecified atom stereocenters. The Morgan fingerprint density at radius 2 is 1.62 bits per heavy atom. The monoisotopic (exact) mass is 458 g/mol. The van der Waals surface area contributed by atoms with E-state index in [1.54, 1.807) is 12.1 Å². The normalized spacial score (nSPS) is 10.8. The van der Waals surface area contributed by atoms with Crippen LogP contribution < -0.4 is 16.0 Å². The number of hydrogen-bond acceptors (Lipinski definition) is 6. The Bertz CT molecular complexity index is 992. The van der Waals surface area contributed by atoms with Gasteiger partial charge in [-0.2, -0.15) is 0 Å². The van der Waals surface area contributed by atoms with Crippen LogP contribution in [0.4, 0.5) is 21.0 Å². The van der Waals surface area contributed by atoms with Gasteiger partial charge in [0.15, 0.2) is 0 Å². The van der Waals surface area contributed by atoms with Crippen LogP contribution in [-0.4, -0.2) is 38.3 Å². The van der Waals surface area contributed by atoms with Crippen molar-refractivity contribution in [3.8, 4) is 0 Å². The summed E-state index contributed by atoms with van der Waals surface area (Å²) in [4.78, 5) is 41.1. The van der Waals surface area contributed by atoms with Gasteiger partial charge in [-0.25, -0.2) is 9.59 Å². The second-order valence-electron chi connectivity index (χ2n) is 6.59. The van der Waals surface area contributed by atoms with Gasteiger partial charge < -0.3 is 20.1 Å². The van der Waals surface area contributed by atoms with Gasteiger partial charge in [-0.1, -0.05) is 36.4 Å². The molecule has 0 aliphatic carbocycles. The van der Waals surface area contributed by atoms with Gasteiger partial charge in [-0.05, 0) is 43.7 Å². The van der Waals surface area contributed by atoms with Crippen LogP contribution in [0.25, 0.3) is 0 Å². The maximum atomic E-state index is 12.3. The first-order chi connectivity index (χ1) is 15.3. The first-order valence-electron chi connectivity index (χ1n) is 9.81. The highest BCUT2D eigenvalue weighted by Gasteiger charge is 2.14. The van der Waals surface area contributed by atoms with Crippen molar-refractivity contribution >= 4 is 47.2 Å². The summed E-state index contributed by atoms with van der Waals surface area (Å²) in [7, 11) is 2.34. The van der Waals surface area contributed by atoms with Gasteiger partial charge in [0.25, 0.3) is 0 Å². The van der Waals surface area contributed by atoms with Crippen molar-refractivity contribution in [3.05, 3.63) is 48.0 Å². The van der Waals surface area contributed by atoms with Crippen LogP contribution in [0.2, 0.25) is 0 Å². The number of anilines is 2. The lowest BCUT2D eigenvalue weighted by Gasteiger charge is -2.16. The van der Waals surface area contributed by atoms with Gasteiger partial charge in [0.1, 0.15) is 0 Å². The lowest BCUT2D eigenvalue weighted by Crippen LogP contribution is -2.36. The third kappa shape index (κ3) is 7.95. The Balaban J connectivity index is 2.36. The van der Waals surface area contributed by atoms with Crippen LogP contribution in [0.5, 0.6) is 0 Å². The molecule has 0 aliphatic rings. The molecule has 2 aromatic carbocycles. The standard InChI is InChI=1S/C22H26N4O5S/c1-5-6-19(27)23-18-13-16(32-15-9-7-14(2)8-10-15)11-12-17(18)24-20(25-21(28)30-3)26-22(29)31-4/h7-13H,5-6H2,1-4H3,(H,23,27)(H2,24,25,26,28,29). The van der Waals surface area contributed by atoms with E-state index >= 15 is 0 Å². The van der Waals surface area contributed by atoms with Gasteiger partial charge in [-0.15, -0.1) is 4.99 Å². The number of amides is 3. The summed E-state index contributed by atoms with van der Waals surface area (Å²) in [5.41, 5.74) is 2.04. The number of rotatable bonds is 6. The molecule has 0 spiro atoms. The molecule has 2 aromatic rings. The number of carbonyl (C=O) groups excluding carboxylic acids is 3. The number of guanidine groups is 1. The van der Waals surface area contributed by atoms with Crippen LogP contribution in [0.15, 0.2) is 57.2 Å². The number of ether oxygens (including phenoxy) is 2. The molecule has 0 saturated carbocycles. The van der Waals surface area contributed by atoms with Crippen LogP contribution in [0.1, 0.15) is 25.3 Å². The second kappa shape index (κ2) is 12.4. The fourth-order valence-corrected chi connectivity index (χ4v) is 3.34. The molecule has 0 atom stereocenters. The van der Waals surface area contributed by atoms with Gasteiger partial charge in [-0.3, -0.25) is 10.1 Å². The van der Waals surface area contributed by atoms with Crippen molar-refractivity contribution in [1.29, 1.82) is 0 Å². The van der Waals surface area contributed by atoms with Crippen molar-refractivity contribution in [1.82, 2.24) is 5.32 Å². The molecule has 3 N–H and O–H groups in total. The van der Waals surface area contributed by atoms with E-state index < -0.39 is 12.2 Å². The number of hydrogen-bond donors (Lipinski definition) is 3. The summed E-state index contributed by atoms with van der Waals surface area (Å²) in [6.07, 6.45) is -0.723. The molecule has 0 bridgehead atoms. The van der Waals surface area contributed by atoms with E-state index in [2.05, 4.69) is 30.4 Å². The van der Waals surface area contributed by atoms with Crippen LogP contribution >= 0.6 is 11.8 Å². The molecule has 0 aliphatic heterocycles. The highest BCUT2D eigenvalue weighted by molar-refractivity contribution is 7.99. The second-order valence-corrected chi connectivity index (χ2v) is 7.74. The first kappa shape index (κ1) is 24.7. The minimum atomic E-state index is -0.924. The van der Waals surface area contributed by atoms with Gasteiger partial charge in [0, 0.05) is 16.2 Å². The number of aliphatic imine (C=N–C) groups is 1. The van der Waals surface area contributed by atoms with E-state index in [1.165, 1.54) is 18.9 Å². The molecule has 0 saturated heterocycles. The Morgan fingerprint density at radius 1 is 0.938 bits per heavy atom. The maximum Gasteiger partial charge on any atom is 0.436 e. The average molecular weight is 459 g/mol. The third-order valence-corrected chi connectivity index (χ3v) is 5.03. The minimum Gasteiger partial charge on any atom is -0.453 e. The topological polar surface area (TPSA) is 118 Å². The molecule has 0 radical (unpaired) electrons. The predicted molar refractivity (Wildman–Crippen MR) is 124 cm³/mol. The average Bonchev–Trinajstić information content (AvgIpc) is 2.77. The van der Waals surface area contributed by atoms with Crippen molar-refractivity contribution in [3.63, 3.8) is 0 Å². The summed E-state index contributed by atoms with van der Waals surface area (Å²) in [6, 6.07) is 13.4. The lowest BCUT2D eigenvalue weighted by atomic mass is 10.2. The molecule has 3 amide bonds. The molecule has 9 nitrogen and oxygen atoms in total. The molecule has 170 valence electrons. The third-order valence-electron chi connectivity index (χ3n) is 4.04. The number of alkyl carbamates (subject to hydrolysis) is 1. The van der Waals surface area contributed by atoms with E-state index in [4.69, 9.17) is 0 Å². The van der Waals surface area contributed by atoms with Gasteiger partial charge in [0.05, 0.1) is 25.6 Å². The fraction of sp³-hybridized carbons (Fsp3) is 0.273. The highest BCUT2D eigenvalue weighted by atomic mass is 32.2. The Labute approximate surface area is 191 Å². The number of nitrogens with zero attached hydrogens (tertiary/aromatic N) is 1. The number of benzene rings is 2. The smallest absolute Gasteiger partial charge is 0.436 e. The van der Waals surface area contributed by atoms with E-state index in [9.17, 15) is 14.4 Å². The fourth-order valence-electron chi connectivity index (χ4n) is 2.48. The van der Waals surface area contributed by atoms with E-state index in [-0.39, 0.29) is 11.9 Å². The van der Waals surface area contributed by atoms with E-state index in [1.807, 2.05) is 44.2 Å². The number of nitrogens with one attached hydrogen (secondary N) is 3. The lowest BCUT2D eigenvalue weighted by molar-refractivity contribution is -0.116.